The van der Waals surface area contributed by atoms with Crippen LogP contribution in [0.25, 0.3) is 10.9 Å². The van der Waals surface area contributed by atoms with E-state index in [0.29, 0.717) is 6.61 Å². The van der Waals surface area contributed by atoms with Crippen LogP contribution >= 0.6 is 0 Å². The summed E-state index contributed by atoms with van der Waals surface area (Å²) in [5.74, 6) is 3.26. The monoisotopic (exact) mass is 482 g/mol. The Labute approximate surface area is 210 Å². The Morgan fingerprint density at radius 3 is 2.34 bits per heavy atom. The predicted octanol–water partition coefficient (Wildman–Crippen LogP) is 3.63. The van der Waals surface area contributed by atoms with Gasteiger partial charge in [0.1, 0.15) is 5.82 Å². The number of aromatic nitrogens is 2. The summed E-state index contributed by atoms with van der Waals surface area (Å²) in [4.78, 5) is 19.5. The number of methoxy groups -OCH3 is 1. The van der Waals surface area contributed by atoms with E-state index in [4.69, 9.17) is 19.4 Å². The van der Waals surface area contributed by atoms with Crippen molar-refractivity contribution in [2.24, 2.45) is 0 Å². The molecule has 0 amide bonds. The second kappa shape index (κ2) is 11.2. The number of benzene rings is 1. The fraction of sp³-hybridized carbons (Fsp3) is 0.704. The van der Waals surface area contributed by atoms with Crippen LogP contribution in [0.2, 0.25) is 0 Å². The minimum absolute atomic E-state index is 0.681. The van der Waals surface area contributed by atoms with Crippen LogP contribution in [0.5, 0.6) is 11.5 Å². The first-order valence-corrected chi connectivity index (χ1v) is 13.5. The SMILES string of the molecule is COc1cc2c(N3CCN(C4CCCC4)CC3)nc(N(C)C)nc2cc1OCCCN1CCCC1. The van der Waals surface area contributed by atoms with E-state index >= 15 is 0 Å². The van der Waals surface area contributed by atoms with Gasteiger partial charge in [-0.1, -0.05) is 12.8 Å². The van der Waals surface area contributed by atoms with Gasteiger partial charge in [0.25, 0.3) is 0 Å². The number of ether oxygens (including phenoxy) is 2. The van der Waals surface area contributed by atoms with Gasteiger partial charge in [-0.25, -0.2) is 4.98 Å². The molecule has 1 aromatic heterocycles. The van der Waals surface area contributed by atoms with Gasteiger partial charge in [0.2, 0.25) is 5.95 Å². The van der Waals surface area contributed by atoms with Crippen LogP contribution in [0.4, 0.5) is 11.8 Å². The Kier molecular flexibility index (Phi) is 7.78. The minimum atomic E-state index is 0.681. The van der Waals surface area contributed by atoms with Gasteiger partial charge in [-0.15, -0.1) is 0 Å². The van der Waals surface area contributed by atoms with Crippen LogP contribution in [0.1, 0.15) is 44.9 Å². The average Bonchev–Trinajstić information content (AvgIpc) is 3.60. The first kappa shape index (κ1) is 24.4. The van der Waals surface area contributed by atoms with E-state index in [1.165, 1.54) is 51.6 Å². The first-order chi connectivity index (χ1) is 17.1. The molecule has 1 aromatic carbocycles. The van der Waals surface area contributed by atoms with Crippen molar-refractivity contribution in [2.45, 2.75) is 51.0 Å². The van der Waals surface area contributed by atoms with Gasteiger partial charge in [0.05, 0.1) is 19.2 Å². The Morgan fingerprint density at radius 2 is 1.66 bits per heavy atom. The highest BCUT2D eigenvalue weighted by molar-refractivity contribution is 5.93. The molecule has 8 nitrogen and oxygen atoms in total. The van der Waals surface area contributed by atoms with Crippen LogP contribution in [-0.4, -0.2) is 99.4 Å². The first-order valence-electron chi connectivity index (χ1n) is 13.5. The lowest BCUT2D eigenvalue weighted by Gasteiger charge is -2.39. The van der Waals surface area contributed by atoms with E-state index in [9.17, 15) is 0 Å². The van der Waals surface area contributed by atoms with Crippen molar-refractivity contribution in [3.8, 4) is 11.5 Å². The molecule has 8 heteroatoms. The maximum atomic E-state index is 6.21. The van der Waals surface area contributed by atoms with E-state index in [1.807, 2.05) is 25.1 Å². The average molecular weight is 483 g/mol. The molecule has 0 spiro atoms. The normalized spacial score (nSPS) is 20.1. The topological polar surface area (TPSA) is 57.2 Å². The molecule has 0 bridgehead atoms. The Morgan fingerprint density at radius 1 is 0.914 bits per heavy atom. The molecule has 1 aliphatic carbocycles. The third-order valence-corrected chi connectivity index (χ3v) is 7.88. The lowest BCUT2D eigenvalue weighted by Crippen LogP contribution is -2.50. The third-order valence-electron chi connectivity index (χ3n) is 7.88. The van der Waals surface area contributed by atoms with Crippen LogP contribution < -0.4 is 19.3 Å². The smallest absolute Gasteiger partial charge is 0.227 e. The molecule has 2 aliphatic heterocycles. The Bertz CT molecular complexity index is 979. The fourth-order valence-electron chi connectivity index (χ4n) is 5.87. The summed E-state index contributed by atoms with van der Waals surface area (Å²) >= 11 is 0. The quantitative estimate of drug-likeness (QED) is 0.502. The zero-order valence-corrected chi connectivity index (χ0v) is 21.8. The zero-order chi connectivity index (χ0) is 24.2. The molecule has 2 saturated heterocycles. The maximum absolute atomic E-state index is 6.21. The van der Waals surface area contributed by atoms with Gasteiger partial charge in [0.15, 0.2) is 11.5 Å². The predicted molar refractivity (Wildman–Crippen MR) is 142 cm³/mol. The summed E-state index contributed by atoms with van der Waals surface area (Å²) in [5.41, 5.74) is 0.910. The van der Waals surface area contributed by atoms with Crippen LogP contribution in [0.3, 0.4) is 0 Å². The number of hydrogen-bond acceptors (Lipinski definition) is 8. The van der Waals surface area contributed by atoms with Crippen molar-refractivity contribution in [3.05, 3.63) is 12.1 Å². The summed E-state index contributed by atoms with van der Waals surface area (Å²) < 4.78 is 12.0. The van der Waals surface area contributed by atoms with Crippen molar-refractivity contribution >= 4 is 22.7 Å². The van der Waals surface area contributed by atoms with E-state index in [-0.39, 0.29) is 0 Å². The van der Waals surface area contributed by atoms with Crippen molar-refractivity contribution < 1.29 is 9.47 Å². The van der Waals surface area contributed by atoms with Crippen molar-refractivity contribution in [3.63, 3.8) is 0 Å². The molecule has 35 heavy (non-hydrogen) atoms. The molecular formula is C27H42N6O2. The van der Waals surface area contributed by atoms with E-state index in [2.05, 4.69) is 20.8 Å². The second-order valence-corrected chi connectivity index (χ2v) is 10.5. The fourth-order valence-corrected chi connectivity index (χ4v) is 5.87. The maximum Gasteiger partial charge on any atom is 0.227 e. The number of anilines is 2. The van der Waals surface area contributed by atoms with Gasteiger partial charge >= 0.3 is 0 Å². The molecular weight excluding hydrogens is 440 g/mol. The number of fused-ring (bicyclic) bond motifs is 1. The highest BCUT2D eigenvalue weighted by atomic mass is 16.5. The lowest BCUT2D eigenvalue weighted by atomic mass is 10.1. The summed E-state index contributed by atoms with van der Waals surface area (Å²) in [5, 5.41) is 1.03. The molecule has 0 radical (unpaired) electrons. The Hall–Kier alpha value is -2.32. The molecule has 2 aromatic rings. The van der Waals surface area contributed by atoms with E-state index in [1.54, 1.807) is 7.11 Å². The summed E-state index contributed by atoms with van der Waals surface area (Å²) in [6, 6.07) is 4.89. The molecule has 1 saturated carbocycles. The van der Waals surface area contributed by atoms with E-state index < -0.39 is 0 Å². The standard InChI is InChI=1S/C27H42N6O2/c1-30(2)27-28-23-20-25(35-18-8-13-31-11-6-7-12-31)24(34-3)19-22(23)26(29-27)33-16-14-32(15-17-33)21-9-4-5-10-21/h19-21H,4-18H2,1-3H3. The highest BCUT2D eigenvalue weighted by Gasteiger charge is 2.28. The number of likely N-dealkylation sites (tertiary alicyclic amines) is 1. The highest BCUT2D eigenvalue weighted by Crippen LogP contribution is 2.37. The van der Waals surface area contributed by atoms with Crippen molar-refractivity contribution in [1.82, 2.24) is 19.8 Å². The molecule has 0 N–H and O–H groups in total. The minimum Gasteiger partial charge on any atom is -0.493 e. The van der Waals surface area contributed by atoms with Crippen LogP contribution in [0, 0.1) is 0 Å². The molecule has 3 fully saturated rings. The zero-order valence-electron chi connectivity index (χ0n) is 21.8. The molecule has 0 atom stereocenters. The lowest BCUT2D eigenvalue weighted by molar-refractivity contribution is 0.187. The number of rotatable bonds is 9. The van der Waals surface area contributed by atoms with Gasteiger partial charge in [0, 0.05) is 64.3 Å². The second-order valence-electron chi connectivity index (χ2n) is 10.5. The largest absolute Gasteiger partial charge is 0.493 e. The molecule has 5 rings (SSSR count). The van der Waals surface area contributed by atoms with Crippen LogP contribution in [-0.2, 0) is 0 Å². The molecule has 192 valence electrons. The molecule has 3 heterocycles. The number of hydrogen-bond donors (Lipinski definition) is 0. The summed E-state index contributed by atoms with van der Waals surface area (Å²) in [6.45, 7) is 8.41. The van der Waals surface area contributed by atoms with Crippen molar-refractivity contribution in [2.75, 3.05) is 83.4 Å². The summed E-state index contributed by atoms with van der Waals surface area (Å²) in [6.07, 6.45) is 9.16. The third kappa shape index (κ3) is 5.59. The van der Waals surface area contributed by atoms with Gasteiger partial charge in [-0.3, -0.25) is 4.90 Å². The molecule has 3 aliphatic rings. The van der Waals surface area contributed by atoms with Crippen molar-refractivity contribution in [1.29, 1.82) is 0 Å². The summed E-state index contributed by atoms with van der Waals surface area (Å²) in [7, 11) is 5.72. The number of piperazine rings is 1. The van der Waals surface area contributed by atoms with Gasteiger partial charge < -0.3 is 24.2 Å². The molecule has 0 unspecified atom stereocenters. The van der Waals surface area contributed by atoms with Gasteiger partial charge in [-0.05, 0) is 51.3 Å². The number of nitrogens with zero attached hydrogens (tertiary/aromatic N) is 6. The van der Waals surface area contributed by atoms with Crippen LogP contribution in [0.15, 0.2) is 12.1 Å². The van der Waals surface area contributed by atoms with Gasteiger partial charge in [-0.2, -0.15) is 4.98 Å². The Balaban J connectivity index is 1.35. The van der Waals surface area contributed by atoms with E-state index in [0.717, 1.165) is 79.4 Å².